The van der Waals surface area contributed by atoms with E-state index in [0.717, 1.165) is 13.0 Å². The van der Waals surface area contributed by atoms with Crippen LogP contribution in [0.5, 0.6) is 0 Å². The second-order valence-corrected chi connectivity index (χ2v) is 3.89. The van der Waals surface area contributed by atoms with E-state index in [4.69, 9.17) is 5.11 Å². The largest absolute Gasteiger partial charge is 0.480 e. The summed E-state index contributed by atoms with van der Waals surface area (Å²) in [6.45, 7) is 2.57. The van der Waals surface area contributed by atoms with E-state index in [9.17, 15) is 9.59 Å². The van der Waals surface area contributed by atoms with Crippen LogP contribution in [0.4, 0.5) is 5.69 Å². The average molecular weight is 250 g/mol. The van der Waals surface area contributed by atoms with Crippen LogP contribution in [-0.4, -0.2) is 36.6 Å². The number of hydrogen-bond acceptors (Lipinski definition) is 3. The van der Waals surface area contributed by atoms with Gasteiger partial charge in [-0.15, -0.1) is 0 Å². The van der Waals surface area contributed by atoms with Gasteiger partial charge in [0.15, 0.2) is 0 Å². The van der Waals surface area contributed by atoms with Crippen molar-refractivity contribution in [3.63, 3.8) is 0 Å². The van der Waals surface area contributed by atoms with Crippen molar-refractivity contribution < 1.29 is 14.7 Å². The molecule has 1 aromatic rings. The van der Waals surface area contributed by atoms with Crippen molar-refractivity contribution in [2.24, 2.45) is 0 Å². The Morgan fingerprint density at radius 3 is 2.50 bits per heavy atom. The third kappa shape index (κ3) is 4.55. The number of carbonyl (C=O) groups excluding carboxylic acids is 1. The lowest BCUT2D eigenvalue weighted by Gasteiger charge is -2.21. The molecule has 0 spiro atoms. The summed E-state index contributed by atoms with van der Waals surface area (Å²) in [5, 5.41) is 11.8. The van der Waals surface area contributed by atoms with E-state index >= 15 is 0 Å². The molecule has 1 rings (SSSR count). The van der Waals surface area contributed by atoms with Crippen molar-refractivity contribution >= 4 is 17.6 Å². The van der Waals surface area contributed by atoms with Gasteiger partial charge in [0.2, 0.25) is 5.91 Å². The van der Waals surface area contributed by atoms with Gasteiger partial charge in [0.1, 0.15) is 6.54 Å². The molecule has 0 radical (unpaired) electrons. The molecule has 0 fully saturated rings. The number of carbonyl (C=O) groups is 2. The molecule has 0 aliphatic heterocycles. The summed E-state index contributed by atoms with van der Waals surface area (Å²) in [6.07, 6.45) is 0.928. The Balaban J connectivity index is 2.72. The molecular formula is C13H18N2O3. The van der Waals surface area contributed by atoms with Gasteiger partial charge in [0.05, 0.1) is 6.54 Å². The van der Waals surface area contributed by atoms with Gasteiger partial charge in [-0.25, -0.2) is 0 Å². The Bertz CT molecular complexity index is 392. The summed E-state index contributed by atoms with van der Waals surface area (Å²) >= 11 is 0. The molecule has 0 bridgehead atoms. The van der Waals surface area contributed by atoms with Gasteiger partial charge in [-0.3, -0.25) is 9.59 Å². The molecule has 5 heteroatoms. The van der Waals surface area contributed by atoms with E-state index in [-0.39, 0.29) is 19.0 Å². The molecule has 1 amide bonds. The van der Waals surface area contributed by atoms with Crippen LogP contribution in [0.1, 0.15) is 13.3 Å². The van der Waals surface area contributed by atoms with Gasteiger partial charge < -0.3 is 15.3 Å². The zero-order valence-corrected chi connectivity index (χ0v) is 10.4. The number of benzene rings is 1. The molecule has 2 N–H and O–H groups in total. The highest BCUT2D eigenvalue weighted by Gasteiger charge is 2.17. The van der Waals surface area contributed by atoms with Crippen molar-refractivity contribution in [2.45, 2.75) is 13.3 Å². The van der Waals surface area contributed by atoms with E-state index < -0.39 is 5.97 Å². The molecule has 0 heterocycles. The molecule has 0 unspecified atom stereocenters. The molecular weight excluding hydrogens is 232 g/mol. The summed E-state index contributed by atoms with van der Waals surface area (Å²) in [7, 11) is 0. The van der Waals surface area contributed by atoms with E-state index in [1.54, 1.807) is 24.3 Å². The van der Waals surface area contributed by atoms with Crippen molar-refractivity contribution in [1.29, 1.82) is 0 Å². The first-order chi connectivity index (χ1) is 8.65. The van der Waals surface area contributed by atoms with Crippen LogP contribution in [0, 0.1) is 0 Å². The van der Waals surface area contributed by atoms with Crippen LogP contribution in [0.15, 0.2) is 30.3 Å². The zero-order valence-electron chi connectivity index (χ0n) is 10.4. The molecule has 1 aromatic carbocycles. The maximum absolute atomic E-state index is 12.0. The predicted molar refractivity (Wildman–Crippen MR) is 69.6 cm³/mol. The number of anilines is 1. The monoisotopic (exact) mass is 250 g/mol. The molecule has 18 heavy (non-hydrogen) atoms. The summed E-state index contributed by atoms with van der Waals surface area (Å²) in [5.41, 5.74) is 0.600. The lowest BCUT2D eigenvalue weighted by atomic mass is 10.2. The van der Waals surface area contributed by atoms with Crippen LogP contribution in [0.3, 0.4) is 0 Å². The number of para-hydroxylation sites is 1. The molecule has 0 aromatic heterocycles. The predicted octanol–water partition coefficient (Wildman–Crippen LogP) is 1.10. The summed E-state index contributed by atoms with van der Waals surface area (Å²) < 4.78 is 0. The number of carboxylic acid groups (broad SMARTS) is 1. The number of nitrogens with one attached hydrogen (secondary N) is 1. The van der Waals surface area contributed by atoms with Gasteiger partial charge in [-0.2, -0.15) is 0 Å². The Morgan fingerprint density at radius 1 is 1.28 bits per heavy atom. The number of amides is 1. The smallest absolute Gasteiger partial charge is 0.323 e. The standard InChI is InChI=1S/C13H18N2O3/c1-2-8-14-9-12(16)15(10-13(17)18)11-6-4-3-5-7-11/h3-7,14H,2,8-10H2,1H3,(H,17,18). The van der Waals surface area contributed by atoms with E-state index in [1.165, 1.54) is 4.90 Å². The van der Waals surface area contributed by atoms with Gasteiger partial charge in [0, 0.05) is 5.69 Å². The second-order valence-electron chi connectivity index (χ2n) is 3.89. The van der Waals surface area contributed by atoms with Crippen LogP contribution < -0.4 is 10.2 Å². The number of rotatable bonds is 7. The minimum atomic E-state index is -1.03. The minimum Gasteiger partial charge on any atom is -0.480 e. The van der Waals surface area contributed by atoms with Crippen molar-refractivity contribution in [3.05, 3.63) is 30.3 Å². The van der Waals surface area contributed by atoms with Gasteiger partial charge >= 0.3 is 5.97 Å². The fourth-order valence-electron chi connectivity index (χ4n) is 1.53. The normalized spacial score (nSPS) is 10.1. The Kier molecular flexibility index (Phi) is 5.87. The van der Waals surface area contributed by atoms with Gasteiger partial charge in [-0.1, -0.05) is 25.1 Å². The Morgan fingerprint density at radius 2 is 1.94 bits per heavy atom. The van der Waals surface area contributed by atoms with E-state index in [0.29, 0.717) is 5.69 Å². The van der Waals surface area contributed by atoms with E-state index in [2.05, 4.69) is 5.32 Å². The molecule has 0 atom stereocenters. The average Bonchev–Trinajstić information content (AvgIpc) is 2.37. The maximum atomic E-state index is 12.0. The second kappa shape index (κ2) is 7.45. The highest BCUT2D eigenvalue weighted by molar-refractivity contribution is 5.98. The minimum absolute atomic E-state index is 0.149. The van der Waals surface area contributed by atoms with Gasteiger partial charge in [-0.05, 0) is 25.1 Å². The SMILES string of the molecule is CCCNCC(=O)N(CC(=O)O)c1ccccc1. The highest BCUT2D eigenvalue weighted by atomic mass is 16.4. The number of aliphatic carboxylic acids is 1. The quantitative estimate of drug-likeness (QED) is 0.711. The number of hydrogen-bond donors (Lipinski definition) is 2. The molecule has 0 aliphatic carbocycles. The third-order valence-corrected chi connectivity index (χ3v) is 2.37. The van der Waals surface area contributed by atoms with Crippen LogP contribution in [0.25, 0.3) is 0 Å². The first kappa shape index (κ1) is 14.2. The molecule has 0 saturated carbocycles. The third-order valence-electron chi connectivity index (χ3n) is 2.37. The maximum Gasteiger partial charge on any atom is 0.323 e. The first-order valence-electron chi connectivity index (χ1n) is 5.93. The van der Waals surface area contributed by atoms with E-state index in [1.807, 2.05) is 13.0 Å². The van der Waals surface area contributed by atoms with Crippen molar-refractivity contribution in [1.82, 2.24) is 5.32 Å². The van der Waals surface area contributed by atoms with Gasteiger partial charge in [0.25, 0.3) is 0 Å². The van der Waals surface area contributed by atoms with Crippen molar-refractivity contribution in [3.8, 4) is 0 Å². The van der Waals surface area contributed by atoms with Crippen LogP contribution >= 0.6 is 0 Å². The molecule has 0 saturated heterocycles. The lowest BCUT2D eigenvalue weighted by molar-refractivity contribution is -0.136. The number of carboxylic acids is 1. The highest BCUT2D eigenvalue weighted by Crippen LogP contribution is 2.12. The Hall–Kier alpha value is -1.88. The topological polar surface area (TPSA) is 69.6 Å². The summed E-state index contributed by atoms with van der Waals surface area (Å²) in [5.74, 6) is -1.26. The van der Waals surface area contributed by atoms with Crippen LogP contribution in [0.2, 0.25) is 0 Å². The van der Waals surface area contributed by atoms with Crippen molar-refractivity contribution in [2.75, 3.05) is 24.5 Å². The lowest BCUT2D eigenvalue weighted by Crippen LogP contribution is -2.41. The zero-order chi connectivity index (χ0) is 13.4. The first-order valence-corrected chi connectivity index (χ1v) is 5.93. The molecule has 5 nitrogen and oxygen atoms in total. The Labute approximate surface area is 106 Å². The fourth-order valence-corrected chi connectivity index (χ4v) is 1.53. The summed E-state index contributed by atoms with van der Waals surface area (Å²) in [6, 6.07) is 8.82. The molecule has 0 aliphatic rings. The summed E-state index contributed by atoms with van der Waals surface area (Å²) in [4.78, 5) is 24.0. The molecule has 98 valence electrons. The van der Waals surface area contributed by atoms with Crippen LogP contribution in [-0.2, 0) is 9.59 Å². The fraction of sp³-hybridized carbons (Fsp3) is 0.385. The number of nitrogens with zero attached hydrogens (tertiary/aromatic N) is 1.